The summed E-state index contributed by atoms with van der Waals surface area (Å²) in [6.07, 6.45) is -0.745. The van der Waals surface area contributed by atoms with Gasteiger partial charge in [-0.15, -0.1) is 6.58 Å². The highest BCUT2D eigenvalue weighted by Gasteiger charge is 2.71. The van der Waals surface area contributed by atoms with Crippen LogP contribution >= 0.6 is 23.2 Å². The number of hydrogen-bond acceptors (Lipinski definition) is 9. The van der Waals surface area contributed by atoms with E-state index in [1.165, 1.54) is 24.3 Å². The van der Waals surface area contributed by atoms with Crippen LogP contribution < -0.4 is 15.8 Å². The van der Waals surface area contributed by atoms with Crippen LogP contribution in [0.25, 0.3) is 0 Å². The molecule has 4 aromatic rings. The Labute approximate surface area is 339 Å². The highest BCUT2D eigenvalue weighted by molar-refractivity contribution is 6.58. The predicted molar refractivity (Wildman–Crippen MR) is 208 cm³/mol. The number of nitrogens with one attached hydrogen (secondary N) is 1. The quantitative estimate of drug-likeness (QED) is 0.0992. The Morgan fingerprint density at radius 1 is 0.966 bits per heavy atom. The number of carbonyl (C=O) groups excluding carboxylic acids is 4. The van der Waals surface area contributed by atoms with Gasteiger partial charge < -0.3 is 15.2 Å². The average Bonchev–Trinajstić information content (AvgIpc) is 3.57. The van der Waals surface area contributed by atoms with Gasteiger partial charge in [-0.1, -0.05) is 83.4 Å². The van der Waals surface area contributed by atoms with Gasteiger partial charge in [0, 0.05) is 22.7 Å². The van der Waals surface area contributed by atoms with Crippen LogP contribution in [0.3, 0.4) is 0 Å². The molecule has 2 aliphatic heterocycles. The van der Waals surface area contributed by atoms with E-state index in [4.69, 9.17) is 23.2 Å². The lowest BCUT2D eigenvalue weighted by atomic mass is 9.49. The molecule has 6 atom stereocenters. The molecule has 4 aliphatic rings. The van der Waals surface area contributed by atoms with Gasteiger partial charge >= 0.3 is 13.3 Å². The smallest absolute Gasteiger partial charge is 0.488 e. The molecule has 4 N–H and O–H groups in total. The summed E-state index contributed by atoms with van der Waals surface area (Å²) in [5.74, 6) is -8.56. The van der Waals surface area contributed by atoms with Crippen LogP contribution in [-0.2, 0) is 37.2 Å². The van der Waals surface area contributed by atoms with Gasteiger partial charge in [0.15, 0.2) is 5.82 Å². The van der Waals surface area contributed by atoms with Crippen LogP contribution in [0.15, 0.2) is 103 Å². The lowest BCUT2D eigenvalue weighted by Crippen LogP contribution is -2.53. The lowest BCUT2D eigenvalue weighted by molar-refractivity contribution is -0.139. The van der Waals surface area contributed by atoms with E-state index in [9.17, 15) is 42.7 Å². The normalized spacial score (nSPS) is 25.3. The molecule has 4 amide bonds. The molecule has 0 radical (unpaired) electrons. The standard InChI is InChI=1S/C41H32BCl2F3N4O7/c1-2-5-20-6-3-9-28(34(20)52)33-26-14-15-27-32(38(55)50(36(27)53)25-8-4-7-23(17-25)42(57)58)29(26)18-30-37(54)51(39(56)40(30,33)21-10-12-24(43)13-11-21)49-35-31(44)16-22(19-48-35)41(45,46)47/h2-4,6-14,16-17,19,27,29-30,32-33,52,57-58H,1,5,15,18H2,(H,48,49). The predicted octanol–water partition coefficient (Wildman–Crippen LogP) is 5.71. The fourth-order valence-corrected chi connectivity index (χ4v) is 9.71. The van der Waals surface area contributed by atoms with Gasteiger partial charge in [0.05, 0.1) is 39.4 Å². The van der Waals surface area contributed by atoms with Crippen molar-refractivity contribution in [2.45, 2.75) is 36.8 Å². The van der Waals surface area contributed by atoms with E-state index in [0.717, 1.165) is 4.90 Å². The van der Waals surface area contributed by atoms with Crippen molar-refractivity contribution in [3.8, 4) is 5.75 Å². The van der Waals surface area contributed by atoms with Gasteiger partial charge in [0.25, 0.3) is 11.8 Å². The Balaban J connectivity index is 1.32. The second kappa shape index (κ2) is 14.4. The Morgan fingerprint density at radius 2 is 1.69 bits per heavy atom. The van der Waals surface area contributed by atoms with Crippen molar-refractivity contribution in [3.63, 3.8) is 0 Å². The van der Waals surface area contributed by atoms with E-state index in [0.29, 0.717) is 39.0 Å². The van der Waals surface area contributed by atoms with E-state index >= 15 is 4.79 Å². The molecule has 3 aromatic carbocycles. The second-order valence-corrected chi connectivity index (χ2v) is 15.6. The van der Waals surface area contributed by atoms with Crippen molar-refractivity contribution in [1.29, 1.82) is 0 Å². The minimum atomic E-state index is -4.78. The lowest BCUT2D eigenvalue weighted by Gasteiger charge is -2.50. The molecular formula is C41H32BCl2F3N4O7. The van der Waals surface area contributed by atoms with E-state index in [1.807, 2.05) is 0 Å². The zero-order chi connectivity index (χ0) is 41.4. The second-order valence-electron chi connectivity index (χ2n) is 14.7. The zero-order valence-corrected chi connectivity index (χ0v) is 31.7. The number of phenolic OH excluding ortho intramolecular Hbond substituents is 1. The molecule has 296 valence electrons. The Morgan fingerprint density at radius 3 is 2.36 bits per heavy atom. The molecular weight excluding hydrogens is 799 g/mol. The van der Waals surface area contributed by atoms with Crippen LogP contribution in [0.5, 0.6) is 5.75 Å². The number of para-hydroxylation sites is 1. The largest absolute Gasteiger partial charge is 0.507 e. The molecule has 2 aliphatic carbocycles. The molecule has 58 heavy (non-hydrogen) atoms. The van der Waals surface area contributed by atoms with E-state index in [2.05, 4.69) is 17.0 Å². The van der Waals surface area contributed by atoms with Gasteiger partial charge in [0.2, 0.25) is 11.8 Å². The molecule has 8 rings (SSSR count). The molecule has 17 heteroatoms. The first-order valence-corrected chi connectivity index (χ1v) is 18.9. The molecule has 11 nitrogen and oxygen atoms in total. The van der Waals surface area contributed by atoms with Crippen molar-refractivity contribution >= 4 is 70.9 Å². The number of hydrazine groups is 1. The van der Waals surface area contributed by atoms with Crippen molar-refractivity contribution < 1.29 is 47.5 Å². The number of alkyl halides is 3. The third-order valence-corrected chi connectivity index (χ3v) is 12.3. The summed E-state index contributed by atoms with van der Waals surface area (Å²) in [6, 6.07) is 17.6. The molecule has 0 bridgehead atoms. The summed E-state index contributed by atoms with van der Waals surface area (Å²) in [5, 5.41) is 32.1. The number of halogens is 5. The fourth-order valence-electron chi connectivity index (χ4n) is 9.37. The Bertz CT molecular complexity index is 2450. The number of phenols is 1. The number of amides is 4. The number of aromatic nitrogens is 1. The van der Waals surface area contributed by atoms with Crippen molar-refractivity contribution in [3.05, 3.63) is 136 Å². The molecule has 2 saturated heterocycles. The summed E-state index contributed by atoms with van der Waals surface area (Å²) in [6.45, 7) is 3.79. The number of benzene rings is 3. The van der Waals surface area contributed by atoms with Crippen LogP contribution in [0, 0.1) is 23.7 Å². The first kappa shape index (κ1) is 39.4. The maximum absolute atomic E-state index is 15.4. The number of aromatic hydroxyl groups is 1. The minimum absolute atomic E-state index is 0.0532. The number of imide groups is 2. The SMILES string of the molecule is C=CCc1cccc(C2C3=CCC4C(=O)N(c5cccc(B(O)O)c5)C(=O)C4C3CC3C(=O)N(Nc4ncc(C(F)(F)F)cc4Cl)C(=O)C32c2ccc(Cl)cc2)c1O. The summed E-state index contributed by atoms with van der Waals surface area (Å²) in [4.78, 5) is 63.9. The van der Waals surface area contributed by atoms with Crippen LogP contribution in [0.2, 0.25) is 10.0 Å². The van der Waals surface area contributed by atoms with E-state index < -0.39 is 88.3 Å². The van der Waals surface area contributed by atoms with Crippen molar-refractivity contribution in [1.82, 2.24) is 9.99 Å². The van der Waals surface area contributed by atoms with Crippen LogP contribution in [-0.4, -0.2) is 55.9 Å². The van der Waals surface area contributed by atoms with E-state index in [1.54, 1.807) is 54.6 Å². The summed E-state index contributed by atoms with van der Waals surface area (Å²) in [7, 11) is -1.87. The number of anilines is 2. The number of pyridine rings is 1. The number of allylic oxidation sites excluding steroid dienone is 3. The van der Waals surface area contributed by atoms with E-state index in [-0.39, 0.29) is 41.7 Å². The maximum Gasteiger partial charge on any atom is 0.488 e. The number of fused-ring (bicyclic) bond motifs is 4. The van der Waals surface area contributed by atoms with Gasteiger partial charge in [-0.2, -0.15) is 18.2 Å². The third kappa shape index (κ3) is 6.02. The van der Waals surface area contributed by atoms with Crippen LogP contribution in [0.4, 0.5) is 24.7 Å². The van der Waals surface area contributed by atoms with Gasteiger partial charge in [0.1, 0.15) is 5.75 Å². The monoisotopic (exact) mass is 830 g/mol. The number of nitrogens with zero attached hydrogens (tertiary/aromatic N) is 3. The highest BCUT2D eigenvalue weighted by Crippen LogP contribution is 2.65. The molecule has 6 unspecified atom stereocenters. The Hall–Kier alpha value is -5.48. The highest BCUT2D eigenvalue weighted by atomic mass is 35.5. The van der Waals surface area contributed by atoms with Crippen LogP contribution in [0.1, 0.15) is 41.0 Å². The maximum atomic E-state index is 15.4. The number of carbonyl (C=O) groups is 4. The van der Waals surface area contributed by atoms with Crippen molar-refractivity contribution in [2.24, 2.45) is 23.7 Å². The zero-order valence-electron chi connectivity index (χ0n) is 30.2. The fraction of sp³-hybridized carbons (Fsp3) is 0.244. The summed E-state index contributed by atoms with van der Waals surface area (Å²) in [5.41, 5.74) is 1.31. The summed E-state index contributed by atoms with van der Waals surface area (Å²) < 4.78 is 40.6. The Kier molecular flexibility index (Phi) is 9.78. The molecule has 1 aromatic heterocycles. The number of rotatable bonds is 8. The van der Waals surface area contributed by atoms with Gasteiger partial charge in [-0.3, -0.25) is 29.5 Å². The number of hydrogen-bond donors (Lipinski definition) is 4. The third-order valence-electron chi connectivity index (χ3n) is 11.8. The first-order valence-electron chi connectivity index (χ1n) is 18.2. The average molecular weight is 831 g/mol. The van der Waals surface area contributed by atoms with Gasteiger partial charge in [-0.05, 0) is 72.1 Å². The summed E-state index contributed by atoms with van der Waals surface area (Å²) >= 11 is 12.6. The first-order chi connectivity index (χ1) is 27.6. The topological polar surface area (TPSA) is 160 Å². The van der Waals surface area contributed by atoms with Gasteiger partial charge in [-0.25, -0.2) is 4.98 Å². The molecule has 3 heterocycles. The molecule has 1 saturated carbocycles. The molecule has 0 spiro atoms. The molecule has 3 fully saturated rings. The van der Waals surface area contributed by atoms with Crippen molar-refractivity contribution in [2.75, 3.05) is 10.3 Å². The minimum Gasteiger partial charge on any atom is -0.507 e.